The molecular formula is C13H19N3OS. The molecule has 1 aliphatic heterocycles. The average Bonchev–Trinajstić information content (AvgIpc) is 2.62. The van der Waals surface area contributed by atoms with E-state index in [1.165, 1.54) is 18.7 Å². The average molecular weight is 265 g/mol. The lowest BCUT2D eigenvalue weighted by molar-refractivity contribution is 0.360. The second-order valence-corrected chi connectivity index (χ2v) is 4.81. The van der Waals surface area contributed by atoms with E-state index in [1.807, 2.05) is 12.3 Å². The summed E-state index contributed by atoms with van der Waals surface area (Å²) in [5, 5.41) is 1.56. The number of thiocarbonyl (C=S) groups is 1. The molecule has 0 unspecified atom stereocenters. The highest BCUT2D eigenvalue weighted by atomic mass is 32.1. The molecule has 1 aliphatic rings. The van der Waals surface area contributed by atoms with Crippen LogP contribution in [-0.2, 0) is 0 Å². The summed E-state index contributed by atoms with van der Waals surface area (Å²) in [5.74, 6) is 0.631. The Labute approximate surface area is 114 Å². The van der Waals surface area contributed by atoms with Crippen molar-refractivity contribution in [2.24, 2.45) is 0 Å². The number of rotatable bonds is 4. The Balaban J connectivity index is 1.97. The molecule has 0 bridgehead atoms. The van der Waals surface area contributed by atoms with Crippen LogP contribution in [0.4, 0.5) is 5.69 Å². The van der Waals surface area contributed by atoms with Gasteiger partial charge in [-0.2, -0.15) is 0 Å². The standard InChI is InChI=1S/C13H19N3OS/c1-15-5-2-6-16(8-7-15)12-3-4-13(14-11-12)17-9-10-18/h3-4,10-11H,2,5-9H2,1H3. The van der Waals surface area contributed by atoms with Gasteiger partial charge in [0.25, 0.3) is 0 Å². The van der Waals surface area contributed by atoms with Gasteiger partial charge in [-0.3, -0.25) is 0 Å². The van der Waals surface area contributed by atoms with Crippen LogP contribution in [0, 0.1) is 0 Å². The van der Waals surface area contributed by atoms with Crippen molar-refractivity contribution < 1.29 is 4.74 Å². The molecule has 0 atom stereocenters. The molecule has 4 nitrogen and oxygen atoms in total. The summed E-state index contributed by atoms with van der Waals surface area (Å²) in [7, 11) is 2.17. The van der Waals surface area contributed by atoms with Gasteiger partial charge in [0.15, 0.2) is 0 Å². The third kappa shape index (κ3) is 3.65. The molecule has 1 fully saturated rings. The molecule has 1 aromatic heterocycles. The zero-order valence-corrected chi connectivity index (χ0v) is 11.5. The van der Waals surface area contributed by atoms with Crippen molar-refractivity contribution in [2.75, 3.05) is 44.7 Å². The molecule has 0 aromatic carbocycles. The van der Waals surface area contributed by atoms with Gasteiger partial charge in [0.2, 0.25) is 5.88 Å². The lowest BCUT2D eigenvalue weighted by atomic mass is 10.3. The van der Waals surface area contributed by atoms with Gasteiger partial charge in [-0.05, 0) is 26.1 Å². The van der Waals surface area contributed by atoms with Crippen LogP contribution in [0.1, 0.15) is 6.42 Å². The molecule has 1 saturated heterocycles. The first kappa shape index (κ1) is 13.2. The highest BCUT2D eigenvalue weighted by Crippen LogP contribution is 2.17. The largest absolute Gasteiger partial charge is 0.473 e. The molecule has 1 aromatic rings. The number of pyridine rings is 1. The van der Waals surface area contributed by atoms with Gasteiger partial charge in [-0.25, -0.2) is 4.98 Å². The Bertz CT molecular complexity index is 382. The van der Waals surface area contributed by atoms with Crippen LogP contribution in [-0.4, -0.2) is 55.1 Å². The van der Waals surface area contributed by atoms with Crippen molar-refractivity contribution in [1.82, 2.24) is 9.88 Å². The molecule has 0 aliphatic carbocycles. The molecule has 0 N–H and O–H groups in total. The molecule has 0 amide bonds. The van der Waals surface area contributed by atoms with E-state index in [2.05, 4.69) is 27.9 Å². The minimum atomic E-state index is 0.427. The van der Waals surface area contributed by atoms with Gasteiger partial charge in [-0.15, -0.1) is 0 Å². The van der Waals surface area contributed by atoms with Crippen LogP contribution in [0.3, 0.4) is 0 Å². The van der Waals surface area contributed by atoms with Crippen LogP contribution in [0.5, 0.6) is 5.88 Å². The molecule has 5 heteroatoms. The minimum absolute atomic E-state index is 0.427. The fourth-order valence-electron chi connectivity index (χ4n) is 2.07. The van der Waals surface area contributed by atoms with Gasteiger partial charge in [0.1, 0.15) is 6.61 Å². The number of nitrogens with zero attached hydrogens (tertiary/aromatic N) is 3. The molecule has 0 saturated carbocycles. The maximum Gasteiger partial charge on any atom is 0.213 e. The van der Waals surface area contributed by atoms with Crippen LogP contribution < -0.4 is 9.64 Å². The van der Waals surface area contributed by atoms with Gasteiger partial charge >= 0.3 is 0 Å². The maximum atomic E-state index is 5.34. The van der Waals surface area contributed by atoms with E-state index in [4.69, 9.17) is 17.0 Å². The third-order valence-electron chi connectivity index (χ3n) is 3.10. The number of ether oxygens (including phenoxy) is 1. The predicted octanol–water partition coefficient (Wildman–Crippen LogP) is 1.60. The second-order valence-electron chi connectivity index (χ2n) is 4.48. The predicted molar refractivity (Wildman–Crippen MR) is 77.7 cm³/mol. The van der Waals surface area contributed by atoms with E-state index in [0.29, 0.717) is 12.5 Å². The Hall–Kier alpha value is -1.20. The molecule has 18 heavy (non-hydrogen) atoms. The normalized spacial score (nSPS) is 17.3. The van der Waals surface area contributed by atoms with Crippen molar-refractivity contribution in [1.29, 1.82) is 0 Å². The van der Waals surface area contributed by atoms with Crippen LogP contribution >= 0.6 is 12.2 Å². The van der Waals surface area contributed by atoms with Crippen molar-refractivity contribution in [2.45, 2.75) is 6.42 Å². The van der Waals surface area contributed by atoms with Crippen molar-refractivity contribution in [3.05, 3.63) is 18.3 Å². The number of hydrogen-bond donors (Lipinski definition) is 0. The Morgan fingerprint density at radius 1 is 1.33 bits per heavy atom. The summed E-state index contributed by atoms with van der Waals surface area (Å²) in [6.07, 6.45) is 3.07. The Morgan fingerprint density at radius 2 is 2.22 bits per heavy atom. The second kappa shape index (κ2) is 6.66. The van der Waals surface area contributed by atoms with E-state index >= 15 is 0 Å². The quantitative estimate of drug-likeness (QED) is 0.771. The lowest BCUT2D eigenvalue weighted by Crippen LogP contribution is -2.28. The minimum Gasteiger partial charge on any atom is -0.473 e. The summed E-state index contributed by atoms with van der Waals surface area (Å²) in [6.45, 7) is 4.84. The fourth-order valence-corrected chi connectivity index (χ4v) is 2.14. The molecule has 2 rings (SSSR count). The summed E-state index contributed by atoms with van der Waals surface area (Å²) < 4.78 is 5.34. The zero-order chi connectivity index (χ0) is 12.8. The maximum absolute atomic E-state index is 5.34. The van der Waals surface area contributed by atoms with Gasteiger partial charge < -0.3 is 14.5 Å². The van der Waals surface area contributed by atoms with Gasteiger partial charge in [0, 0.05) is 31.1 Å². The zero-order valence-electron chi connectivity index (χ0n) is 10.7. The fraction of sp³-hybridized carbons (Fsp3) is 0.538. The molecule has 2 heterocycles. The summed E-state index contributed by atoms with van der Waals surface area (Å²) in [4.78, 5) is 9.04. The van der Waals surface area contributed by atoms with Crippen molar-refractivity contribution in [3.8, 4) is 5.88 Å². The van der Waals surface area contributed by atoms with E-state index in [9.17, 15) is 0 Å². The first-order chi connectivity index (χ1) is 8.79. The van der Waals surface area contributed by atoms with Crippen LogP contribution in [0.25, 0.3) is 0 Å². The van der Waals surface area contributed by atoms with E-state index < -0.39 is 0 Å². The van der Waals surface area contributed by atoms with E-state index in [-0.39, 0.29) is 0 Å². The Kier molecular flexibility index (Phi) is 4.90. The van der Waals surface area contributed by atoms with Gasteiger partial charge in [0.05, 0.1) is 11.9 Å². The van der Waals surface area contributed by atoms with Crippen molar-refractivity contribution >= 4 is 23.3 Å². The van der Waals surface area contributed by atoms with Crippen LogP contribution in [0.15, 0.2) is 18.3 Å². The van der Waals surface area contributed by atoms with Crippen molar-refractivity contribution in [3.63, 3.8) is 0 Å². The third-order valence-corrected chi connectivity index (χ3v) is 3.24. The molecular weight excluding hydrogens is 246 g/mol. The topological polar surface area (TPSA) is 28.6 Å². The first-order valence-electron chi connectivity index (χ1n) is 6.25. The Morgan fingerprint density at radius 3 is 2.94 bits per heavy atom. The first-order valence-corrected chi connectivity index (χ1v) is 6.73. The number of anilines is 1. The molecule has 0 spiro atoms. The summed E-state index contributed by atoms with van der Waals surface area (Å²) in [5.41, 5.74) is 1.17. The smallest absolute Gasteiger partial charge is 0.213 e. The SMILES string of the molecule is CN1CCCN(c2ccc(OCC=S)nc2)CC1. The summed E-state index contributed by atoms with van der Waals surface area (Å²) in [6, 6.07) is 3.97. The van der Waals surface area contributed by atoms with E-state index in [1.54, 1.807) is 5.37 Å². The highest BCUT2D eigenvalue weighted by molar-refractivity contribution is 7.79. The summed E-state index contributed by atoms with van der Waals surface area (Å²) >= 11 is 4.71. The highest BCUT2D eigenvalue weighted by Gasteiger charge is 2.12. The van der Waals surface area contributed by atoms with E-state index in [0.717, 1.165) is 19.6 Å². The monoisotopic (exact) mass is 265 g/mol. The lowest BCUT2D eigenvalue weighted by Gasteiger charge is -2.22. The number of hydrogen-bond acceptors (Lipinski definition) is 5. The van der Waals surface area contributed by atoms with Gasteiger partial charge in [-0.1, -0.05) is 12.2 Å². The molecule has 98 valence electrons. The number of aromatic nitrogens is 1. The van der Waals surface area contributed by atoms with Crippen LogP contribution in [0.2, 0.25) is 0 Å². The molecule has 0 radical (unpaired) electrons. The number of likely N-dealkylation sites (N-methyl/N-ethyl adjacent to an activating group) is 1.